The Morgan fingerprint density at radius 3 is 2.17 bits per heavy atom. The highest BCUT2D eigenvalue weighted by atomic mass is 35.5. The molecule has 7 nitrogen and oxygen atoms in total. The summed E-state index contributed by atoms with van der Waals surface area (Å²) in [5, 5.41) is 4.70. The summed E-state index contributed by atoms with van der Waals surface area (Å²) in [6.45, 7) is 5.97. The van der Waals surface area contributed by atoms with Crippen molar-refractivity contribution in [3.8, 4) is 5.75 Å². The second kappa shape index (κ2) is 13.5. The number of aryl methyl sites for hydroxylation is 1. The van der Waals surface area contributed by atoms with Crippen LogP contribution in [0.3, 0.4) is 0 Å². The van der Waals surface area contributed by atoms with Crippen LogP contribution in [-0.2, 0) is 21.4 Å². The number of nitrogens with one attached hydrogen (secondary N) is 1. The molecule has 0 atom stereocenters. The zero-order valence-electron chi connectivity index (χ0n) is 23.1. The second-order valence-corrected chi connectivity index (χ2v) is 12.1. The lowest BCUT2D eigenvalue weighted by Gasteiger charge is -2.24. The van der Waals surface area contributed by atoms with E-state index in [1.165, 1.54) is 6.21 Å². The van der Waals surface area contributed by atoms with Crippen LogP contribution in [0.25, 0.3) is 0 Å². The molecule has 4 rings (SSSR count). The molecular weight excluding hydrogens is 558 g/mol. The normalized spacial score (nSPS) is 11.5. The molecule has 0 aliphatic rings. The van der Waals surface area contributed by atoms with E-state index < -0.39 is 22.5 Å². The first kappa shape index (κ1) is 29.8. The highest BCUT2D eigenvalue weighted by molar-refractivity contribution is 7.92. The third-order valence-corrected chi connectivity index (χ3v) is 8.39. The third kappa shape index (κ3) is 8.19. The number of anilines is 1. The number of amides is 1. The van der Waals surface area contributed by atoms with Crippen molar-refractivity contribution in [2.24, 2.45) is 5.10 Å². The summed E-state index contributed by atoms with van der Waals surface area (Å²) in [4.78, 5) is 13.0. The fourth-order valence-corrected chi connectivity index (χ4v) is 5.47. The summed E-state index contributed by atoms with van der Waals surface area (Å²) in [7, 11) is -4.01. The average Bonchev–Trinajstić information content (AvgIpc) is 2.96. The zero-order valence-corrected chi connectivity index (χ0v) is 24.7. The van der Waals surface area contributed by atoms with E-state index in [9.17, 15) is 13.2 Å². The molecule has 0 aliphatic carbocycles. The number of benzene rings is 4. The Kier molecular flexibility index (Phi) is 9.81. The summed E-state index contributed by atoms with van der Waals surface area (Å²) >= 11 is 5.92. The lowest BCUT2D eigenvalue weighted by molar-refractivity contribution is -0.119. The number of carbonyl (C=O) groups is 1. The fourth-order valence-electron chi connectivity index (χ4n) is 3.92. The Morgan fingerprint density at radius 1 is 0.927 bits per heavy atom. The Morgan fingerprint density at radius 2 is 1.56 bits per heavy atom. The van der Waals surface area contributed by atoms with Gasteiger partial charge in [0, 0.05) is 5.02 Å². The van der Waals surface area contributed by atoms with Gasteiger partial charge in [-0.05, 0) is 90.2 Å². The van der Waals surface area contributed by atoms with Crippen LogP contribution in [0.1, 0.15) is 42.0 Å². The van der Waals surface area contributed by atoms with Gasteiger partial charge in [-0.15, -0.1) is 0 Å². The van der Waals surface area contributed by atoms with Crippen molar-refractivity contribution in [2.45, 2.75) is 38.2 Å². The van der Waals surface area contributed by atoms with E-state index in [0.717, 1.165) is 26.6 Å². The standard InChI is InChI=1S/C32H32ClN3O4S/c1-23(2)27-10-14-29(15-11-27)36(41(38,39)31-18-4-24(3)5-19-31)21-32(37)35-34-20-25-8-16-30(17-9-25)40-22-26-6-12-28(33)13-7-26/h4-20,23H,21-22H2,1-3H3,(H,35,37)/b34-20-. The minimum Gasteiger partial charge on any atom is -0.489 e. The number of carbonyl (C=O) groups excluding carboxylic acids is 1. The molecule has 1 amide bonds. The van der Waals surface area contributed by atoms with Crippen molar-refractivity contribution < 1.29 is 17.9 Å². The van der Waals surface area contributed by atoms with Crippen LogP contribution in [0.15, 0.2) is 107 Å². The summed E-state index contributed by atoms with van der Waals surface area (Å²) in [5.74, 6) is 0.391. The predicted molar refractivity (Wildman–Crippen MR) is 164 cm³/mol. The number of halogens is 1. The predicted octanol–water partition coefficient (Wildman–Crippen LogP) is 6.70. The monoisotopic (exact) mass is 589 g/mol. The van der Waals surface area contributed by atoms with Crippen LogP contribution in [-0.4, -0.2) is 27.1 Å². The van der Waals surface area contributed by atoms with Crippen molar-refractivity contribution in [1.82, 2.24) is 5.43 Å². The maximum absolute atomic E-state index is 13.6. The number of rotatable bonds is 11. The highest BCUT2D eigenvalue weighted by Crippen LogP contribution is 2.26. The van der Waals surface area contributed by atoms with Gasteiger partial charge in [0.2, 0.25) is 0 Å². The molecule has 0 heterocycles. The van der Waals surface area contributed by atoms with Crippen molar-refractivity contribution >= 4 is 39.4 Å². The van der Waals surface area contributed by atoms with Crippen molar-refractivity contribution in [3.05, 3.63) is 124 Å². The van der Waals surface area contributed by atoms with Crippen LogP contribution in [0.2, 0.25) is 5.02 Å². The van der Waals surface area contributed by atoms with Gasteiger partial charge >= 0.3 is 0 Å². The molecule has 212 valence electrons. The lowest BCUT2D eigenvalue weighted by atomic mass is 10.0. The molecule has 0 spiro atoms. The van der Waals surface area contributed by atoms with Gasteiger partial charge in [0.15, 0.2) is 0 Å². The first-order valence-corrected chi connectivity index (χ1v) is 14.9. The number of hydrogen-bond acceptors (Lipinski definition) is 5. The number of hydrogen-bond donors (Lipinski definition) is 1. The van der Waals surface area contributed by atoms with E-state index >= 15 is 0 Å². The second-order valence-electron chi connectivity index (χ2n) is 9.85. The van der Waals surface area contributed by atoms with Crippen LogP contribution >= 0.6 is 11.6 Å². The van der Waals surface area contributed by atoms with E-state index in [1.54, 1.807) is 60.7 Å². The lowest BCUT2D eigenvalue weighted by Crippen LogP contribution is -2.39. The Balaban J connectivity index is 1.42. The summed E-state index contributed by atoms with van der Waals surface area (Å²) in [6.07, 6.45) is 1.48. The molecule has 1 N–H and O–H groups in total. The van der Waals surface area contributed by atoms with Crippen LogP contribution in [0.5, 0.6) is 5.75 Å². The van der Waals surface area contributed by atoms with Gasteiger partial charge in [-0.1, -0.05) is 67.4 Å². The minimum absolute atomic E-state index is 0.103. The quantitative estimate of drug-likeness (QED) is 0.156. The Labute approximate surface area is 246 Å². The van der Waals surface area contributed by atoms with E-state index in [-0.39, 0.29) is 10.8 Å². The zero-order chi connectivity index (χ0) is 29.4. The maximum Gasteiger partial charge on any atom is 0.264 e. The molecule has 0 radical (unpaired) electrons. The molecule has 4 aromatic rings. The van der Waals surface area contributed by atoms with E-state index in [1.807, 2.05) is 43.3 Å². The first-order valence-electron chi connectivity index (χ1n) is 13.1. The Hall–Kier alpha value is -4.14. The number of sulfonamides is 1. The number of hydrazone groups is 1. The van der Waals surface area contributed by atoms with E-state index in [0.29, 0.717) is 23.1 Å². The number of nitrogens with zero attached hydrogens (tertiary/aromatic N) is 2. The largest absolute Gasteiger partial charge is 0.489 e. The molecule has 0 aliphatic heterocycles. The maximum atomic E-state index is 13.6. The van der Waals surface area contributed by atoms with Crippen LogP contribution in [0, 0.1) is 6.92 Å². The molecule has 0 unspecified atom stereocenters. The molecule has 41 heavy (non-hydrogen) atoms. The SMILES string of the molecule is Cc1ccc(S(=O)(=O)N(CC(=O)N/N=C\c2ccc(OCc3ccc(Cl)cc3)cc2)c2ccc(C(C)C)cc2)cc1. The first-order chi connectivity index (χ1) is 19.6. The highest BCUT2D eigenvalue weighted by Gasteiger charge is 2.27. The van der Waals surface area contributed by atoms with Crippen LogP contribution < -0.4 is 14.5 Å². The van der Waals surface area contributed by atoms with Gasteiger partial charge in [-0.25, -0.2) is 13.8 Å². The average molecular weight is 590 g/mol. The molecule has 4 aromatic carbocycles. The van der Waals surface area contributed by atoms with Gasteiger partial charge in [0.25, 0.3) is 15.9 Å². The molecular formula is C32H32ClN3O4S. The van der Waals surface area contributed by atoms with E-state index in [4.69, 9.17) is 16.3 Å². The topological polar surface area (TPSA) is 88.1 Å². The van der Waals surface area contributed by atoms with Crippen molar-refractivity contribution in [3.63, 3.8) is 0 Å². The molecule has 9 heteroatoms. The summed E-state index contributed by atoms with van der Waals surface area (Å²) in [5.41, 5.74) is 6.57. The van der Waals surface area contributed by atoms with Gasteiger partial charge in [0.1, 0.15) is 18.9 Å². The number of ether oxygens (including phenoxy) is 1. The molecule has 0 saturated carbocycles. The fraction of sp³-hybridized carbons (Fsp3) is 0.188. The van der Waals surface area contributed by atoms with Crippen LogP contribution in [0.4, 0.5) is 5.69 Å². The smallest absolute Gasteiger partial charge is 0.264 e. The van der Waals surface area contributed by atoms with Crippen molar-refractivity contribution in [2.75, 3.05) is 10.8 Å². The minimum atomic E-state index is -4.01. The summed E-state index contributed by atoms with van der Waals surface area (Å²) < 4.78 is 34.0. The third-order valence-electron chi connectivity index (χ3n) is 6.35. The van der Waals surface area contributed by atoms with Gasteiger partial charge < -0.3 is 4.74 Å². The molecule has 0 saturated heterocycles. The van der Waals surface area contributed by atoms with Gasteiger partial charge in [-0.3, -0.25) is 9.10 Å². The summed E-state index contributed by atoms with van der Waals surface area (Å²) in [6, 6.07) is 28.4. The van der Waals surface area contributed by atoms with Gasteiger partial charge in [-0.2, -0.15) is 5.10 Å². The van der Waals surface area contributed by atoms with Gasteiger partial charge in [0.05, 0.1) is 16.8 Å². The molecule has 0 bridgehead atoms. The Bertz CT molecular complexity index is 1590. The van der Waals surface area contributed by atoms with Crippen molar-refractivity contribution in [1.29, 1.82) is 0 Å². The van der Waals surface area contributed by atoms with E-state index in [2.05, 4.69) is 24.4 Å². The molecule has 0 fully saturated rings. The molecule has 0 aromatic heterocycles.